The molecule has 0 aliphatic heterocycles. The Hall–Kier alpha value is -2.37. The molecule has 3 rings (SSSR count). The van der Waals surface area contributed by atoms with E-state index in [1.165, 1.54) is 0 Å². The standard InChI is InChI=1S/C17H16ClN3O2/c1-17(23,11-5-4-6-12(18)9-11)10-19-16-20-14-8-3-2-7-13(14)15(22)21-16/h2-9,23H,10H2,1H3,(H2,19,20,21,22). The third kappa shape index (κ3) is 3.36. The van der Waals surface area contributed by atoms with E-state index in [1.54, 1.807) is 49.4 Å². The Balaban J connectivity index is 1.84. The largest absolute Gasteiger partial charge is 0.384 e. The van der Waals surface area contributed by atoms with Gasteiger partial charge in [0.1, 0.15) is 5.60 Å². The van der Waals surface area contributed by atoms with Crippen LogP contribution in [0, 0.1) is 0 Å². The number of aliphatic hydroxyl groups is 1. The summed E-state index contributed by atoms with van der Waals surface area (Å²) in [6.07, 6.45) is 0. The van der Waals surface area contributed by atoms with E-state index in [2.05, 4.69) is 15.3 Å². The van der Waals surface area contributed by atoms with Gasteiger partial charge in [-0.2, -0.15) is 0 Å². The highest BCUT2D eigenvalue weighted by Crippen LogP contribution is 2.23. The topological polar surface area (TPSA) is 78.0 Å². The van der Waals surface area contributed by atoms with Crippen LogP contribution in [0.25, 0.3) is 10.9 Å². The molecule has 1 aromatic heterocycles. The summed E-state index contributed by atoms with van der Waals surface area (Å²) in [7, 11) is 0. The second-order valence-electron chi connectivity index (χ2n) is 5.57. The second-order valence-corrected chi connectivity index (χ2v) is 6.01. The van der Waals surface area contributed by atoms with Crippen LogP contribution in [0.3, 0.4) is 0 Å². The van der Waals surface area contributed by atoms with Crippen molar-refractivity contribution in [1.82, 2.24) is 9.97 Å². The van der Waals surface area contributed by atoms with Crippen molar-refractivity contribution in [3.63, 3.8) is 0 Å². The van der Waals surface area contributed by atoms with Crippen molar-refractivity contribution >= 4 is 28.5 Å². The molecule has 6 heteroatoms. The molecule has 0 spiro atoms. The minimum atomic E-state index is -1.16. The number of para-hydroxylation sites is 1. The van der Waals surface area contributed by atoms with Crippen molar-refractivity contribution in [2.45, 2.75) is 12.5 Å². The molecule has 1 heterocycles. The third-order valence-electron chi connectivity index (χ3n) is 3.66. The first-order valence-electron chi connectivity index (χ1n) is 7.17. The molecule has 0 radical (unpaired) electrons. The number of nitrogens with zero attached hydrogens (tertiary/aromatic N) is 1. The Kier molecular flexibility index (Phi) is 4.07. The van der Waals surface area contributed by atoms with Gasteiger partial charge < -0.3 is 10.4 Å². The molecule has 0 fully saturated rings. The van der Waals surface area contributed by atoms with E-state index in [9.17, 15) is 9.90 Å². The minimum absolute atomic E-state index is 0.175. The van der Waals surface area contributed by atoms with E-state index in [4.69, 9.17) is 11.6 Å². The van der Waals surface area contributed by atoms with Gasteiger partial charge in [0.15, 0.2) is 0 Å². The zero-order chi connectivity index (χ0) is 16.4. The third-order valence-corrected chi connectivity index (χ3v) is 3.89. The molecular formula is C17H16ClN3O2. The molecule has 2 aromatic carbocycles. The molecule has 0 saturated carbocycles. The highest BCUT2D eigenvalue weighted by atomic mass is 35.5. The first kappa shape index (κ1) is 15.5. The molecule has 0 aliphatic rings. The lowest BCUT2D eigenvalue weighted by Gasteiger charge is -2.24. The number of halogens is 1. The fourth-order valence-corrected chi connectivity index (χ4v) is 2.54. The quantitative estimate of drug-likeness (QED) is 0.687. The van der Waals surface area contributed by atoms with Gasteiger partial charge in [-0.3, -0.25) is 9.78 Å². The summed E-state index contributed by atoms with van der Waals surface area (Å²) in [5.41, 5.74) is -0.1000. The average molecular weight is 330 g/mol. The number of nitrogens with one attached hydrogen (secondary N) is 2. The lowest BCUT2D eigenvalue weighted by Crippen LogP contribution is -2.31. The molecular weight excluding hydrogens is 314 g/mol. The van der Waals surface area contributed by atoms with Crippen LogP contribution in [0.1, 0.15) is 12.5 Å². The van der Waals surface area contributed by atoms with E-state index >= 15 is 0 Å². The predicted molar refractivity (Wildman–Crippen MR) is 91.9 cm³/mol. The molecule has 1 unspecified atom stereocenters. The lowest BCUT2D eigenvalue weighted by atomic mass is 9.96. The zero-order valence-corrected chi connectivity index (χ0v) is 13.3. The summed E-state index contributed by atoms with van der Waals surface area (Å²) < 4.78 is 0. The van der Waals surface area contributed by atoms with Crippen LogP contribution >= 0.6 is 11.6 Å². The van der Waals surface area contributed by atoms with Crippen molar-refractivity contribution in [3.05, 3.63) is 69.5 Å². The van der Waals surface area contributed by atoms with Crippen molar-refractivity contribution in [1.29, 1.82) is 0 Å². The SMILES string of the molecule is CC(O)(CNc1nc2ccccc2c(=O)[nH]1)c1cccc(Cl)c1. The molecule has 1 atom stereocenters. The van der Waals surface area contributed by atoms with Gasteiger partial charge in [0.2, 0.25) is 5.95 Å². The van der Waals surface area contributed by atoms with Crippen LogP contribution in [0.2, 0.25) is 5.02 Å². The van der Waals surface area contributed by atoms with Crippen molar-refractivity contribution in [3.8, 4) is 0 Å². The maximum Gasteiger partial charge on any atom is 0.260 e. The van der Waals surface area contributed by atoms with Gasteiger partial charge in [-0.05, 0) is 36.8 Å². The molecule has 0 bridgehead atoms. The Morgan fingerprint density at radius 2 is 2.04 bits per heavy atom. The maximum absolute atomic E-state index is 12.0. The molecule has 23 heavy (non-hydrogen) atoms. The molecule has 3 aromatic rings. The monoisotopic (exact) mass is 329 g/mol. The van der Waals surface area contributed by atoms with Crippen molar-refractivity contribution in [2.24, 2.45) is 0 Å². The van der Waals surface area contributed by atoms with Gasteiger partial charge in [0.05, 0.1) is 17.4 Å². The number of fused-ring (bicyclic) bond motifs is 1. The van der Waals surface area contributed by atoms with Crippen LogP contribution in [0.15, 0.2) is 53.3 Å². The van der Waals surface area contributed by atoms with Gasteiger partial charge in [0, 0.05) is 5.02 Å². The Morgan fingerprint density at radius 3 is 2.83 bits per heavy atom. The Morgan fingerprint density at radius 1 is 1.26 bits per heavy atom. The van der Waals surface area contributed by atoms with Gasteiger partial charge >= 0.3 is 0 Å². The first-order chi connectivity index (χ1) is 11.0. The highest BCUT2D eigenvalue weighted by Gasteiger charge is 2.23. The van der Waals surface area contributed by atoms with Gasteiger partial charge in [-0.15, -0.1) is 0 Å². The highest BCUT2D eigenvalue weighted by molar-refractivity contribution is 6.30. The molecule has 0 saturated heterocycles. The van der Waals surface area contributed by atoms with Crippen LogP contribution < -0.4 is 10.9 Å². The van der Waals surface area contributed by atoms with Gasteiger partial charge in [-0.25, -0.2) is 4.98 Å². The molecule has 0 aliphatic carbocycles. The number of aromatic amines is 1. The predicted octanol–water partition coefficient (Wildman–Crippen LogP) is 2.90. The number of H-pyrrole nitrogens is 1. The van der Waals surface area contributed by atoms with Crippen LogP contribution in [-0.2, 0) is 5.60 Å². The van der Waals surface area contributed by atoms with Crippen molar-refractivity contribution < 1.29 is 5.11 Å². The van der Waals surface area contributed by atoms with Gasteiger partial charge in [0.25, 0.3) is 5.56 Å². The van der Waals surface area contributed by atoms with Crippen LogP contribution in [0.4, 0.5) is 5.95 Å². The lowest BCUT2D eigenvalue weighted by molar-refractivity contribution is 0.0713. The maximum atomic E-state index is 12.0. The Labute approximate surface area is 138 Å². The molecule has 0 amide bonds. The number of aromatic nitrogens is 2. The average Bonchev–Trinajstić information content (AvgIpc) is 2.53. The smallest absolute Gasteiger partial charge is 0.260 e. The van der Waals surface area contributed by atoms with Crippen LogP contribution in [0.5, 0.6) is 0 Å². The van der Waals surface area contributed by atoms with E-state index in [0.29, 0.717) is 27.4 Å². The molecule has 118 valence electrons. The van der Waals surface area contributed by atoms with Crippen molar-refractivity contribution in [2.75, 3.05) is 11.9 Å². The summed E-state index contributed by atoms with van der Waals surface area (Å²) >= 11 is 5.96. The fourth-order valence-electron chi connectivity index (χ4n) is 2.35. The number of hydrogen-bond acceptors (Lipinski definition) is 4. The summed E-state index contributed by atoms with van der Waals surface area (Å²) in [6.45, 7) is 1.85. The first-order valence-corrected chi connectivity index (χ1v) is 7.55. The van der Waals surface area contributed by atoms with E-state index < -0.39 is 5.60 Å². The normalized spacial score (nSPS) is 13.7. The zero-order valence-electron chi connectivity index (χ0n) is 12.5. The van der Waals surface area contributed by atoms with Crippen LogP contribution in [-0.4, -0.2) is 21.6 Å². The summed E-state index contributed by atoms with van der Waals surface area (Å²) in [4.78, 5) is 19.0. The number of hydrogen-bond donors (Lipinski definition) is 3. The van der Waals surface area contributed by atoms with E-state index in [1.807, 2.05) is 6.07 Å². The number of anilines is 1. The van der Waals surface area contributed by atoms with E-state index in [-0.39, 0.29) is 12.1 Å². The number of rotatable bonds is 4. The Bertz CT molecular complexity index is 905. The summed E-state index contributed by atoms with van der Waals surface area (Å²) in [5, 5.41) is 14.7. The summed E-state index contributed by atoms with van der Waals surface area (Å²) in [5.74, 6) is 0.316. The van der Waals surface area contributed by atoms with Gasteiger partial charge in [-0.1, -0.05) is 35.9 Å². The second kappa shape index (κ2) is 6.02. The fraction of sp³-hybridized carbons (Fsp3) is 0.176. The molecule has 5 nitrogen and oxygen atoms in total. The van der Waals surface area contributed by atoms with E-state index in [0.717, 1.165) is 0 Å². The molecule has 3 N–H and O–H groups in total. The summed E-state index contributed by atoms with van der Waals surface area (Å²) in [6, 6.07) is 14.1. The number of benzene rings is 2. The minimum Gasteiger partial charge on any atom is -0.384 e.